The summed E-state index contributed by atoms with van der Waals surface area (Å²) in [5.74, 6) is -3.84. The van der Waals surface area contributed by atoms with Gasteiger partial charge < -0.3 is 4.90 Å². The van der Waals surface area contributed by atoms with Crippen LogP contribution in [0, 0.1) is 0 Å². The van der Waals surface area contributed by atoms with Crippen LogP contribution in [0.4, 0.5) is 32.0 Å². The Bertz CT molecular complexity index is 893. The van der Waals surface area contributed by atoms with Gasteiger partial charge >= 0.3 is 12.4 Å². The van der Waals surface area contributed by atoms with Gasteiger partial charge in [0.1, 0.15) is 0 Å². The van der Waals surface area contributed by atoms with Crippen LogP contribution in [0.1, 0.15) is 35.4 Å². The molecule has 0 fully saturated rings. The maximum atomic E-state index is 13.1. The van der Waals surface area contributed by atoms with Gasteiger partial charge in [-0.2, -0.15) is 26.3 Å². The average molecular weight is 450 g/mol. The second-order valence-corrected chi connectivity index (χ2v) is 7.65. The van der Waals surface area contributed by atoms with Gasteiger partial charge in [-0.3, -0.25) is 4.79 Å². The molecule has 0 saturated carbocycles. The van der Waals surface area contributed by atoms with E-state index in [-0.39, 0.29) is 12.3 Å². The van der Waals surface area contributed by atoms with Gasteiger partial charge in [0.2, 0.25) is 5.91 Å². The van der Waals surface area contributed by atoms with Crippen molar-refractivity contribution in [1.29, 1.82) is 0 Å². The molecule has 0 spiro atoms. The van der Waals surface area contributed by atoms with Crippen LogP contribution in [-0.4, -0.2) is 24.8 Å². The quantitative estimate of drug-likeness (QED) is 0.492. The van der Waals surface area contributed by atoms with E-state index in [9.17, 15) is 31.1 Å². The normalized spacial score (nSPS) is 15.1. The number of amides is 1. The van der Waals surface area contributed by atoms with Crippen LogP contribution in [0.5, 0.6) is 0 Å². The van der Waals surface area contributed by atoms with Crippen LogP contribution in [-0.2, 0) is 17.6 Å². The van der Waals surface area contributed by atoms with Crippen LogP contribution in [0.15, 0.2) is 42.5 Å². The first-order valence-electron chi connectivity index (χ1n) is 9.28. The first kappa shape index (κ1) is 22.5. The Morgan fingerprint density at radius 1 is 0.967 bits per heavy atom. The van der Waals surface area contributed by atoms with E-state index in [0.717, 1.165) is 12.1 Å². The van der Waals surface area contributed by atoms with Crippen molar-refractivity contribution in [1.82, 2.24) is 0 Å². The van der Waals surface area contributed by atoms with Crippen LogP contribution in [0.25, 0.3) is 0 Å². The summed E-state index contributed by atoms with van der Waals surface area (Å²) in [5.41, 5.74) is 0.521. The maximum Gasteiger partial charge on any atom is 0.404 e. The summed E-state index contributed by atoms with van der Waals surface area (Å²) in [6, 6.07) is 9.62. The molecule has 0 radical (unpaired) electrons. The van der Waals surface area contributed by atoms with Gasteiger partial charge in [-0.15, -0.1) is 0 Å². The highest BCUT2D eigenvalue weighted by Gasteiger charge is 2.57. The molecule has 162 valence electrons. The molecule has 9 heteroatoms. The van der Waals surface area contributed by atoms with Crippen molar-refractivity contribution in [3.63, 3.8) is 0 Å². The summed E-state index contributed by atoms with van der Waals surface area (Å²) in [6.07, 6.45) is -9.41. The van der Waals surface area contributed by atoms with Crippen molar-refractivity contribution >= 4 is 23.2 Å². The molecule has 3 rings (SSSR count). The molecule has 2 aromatic rings. The van der Waals surface area contributed by atoms with E-state index >= 15 is 0 Å². The van der Waals surface area contributed by atoms with Gasteiger partial charge in [0.05, 0.1) is 6.42 Å². The minimum absolute atomic E-state index is 0.0477. The molecular formula is C21H18ClF6NO. The fourth-order valence-corrected chi connectivity index (χ4v) is 3.78. The number of fused-ring (bicyclic) bond motifs is 1. The van der Waals surface area contributed by atoms with E-state index in [0.29, 0.717) is 47.6 Å². The summed E-state index contributed by atoms with van der Waals surface area (Å²) in [5, 5.41) is 0.516. The number of rotatable bonds is 3. The average Bonchev–Trinajstić information content (AvgIpc) is 2.83. The third-order valence-corrected chi connectivity index (χ3v) is 5.28. The lowest BCUT2D eigenvalue weighted by Crippen LogP contribution is -2.35. The van der Waals surface area contributed by atoms with E-state index in [1.165, 1.54) is 11.0 Å². The van der Waals surface area contributed by atoms with Crippen LogP contribution in [0.2, 0.25) is 5.02 Å². The summed E-state index contributed by atoms with van der Waals surface area (Å²) in [6.45, 7) is 0.348. The zero-order valence-electron chi connectivity index (χ0n) is 15.7. The second kappa shape index (κ2) is 8.49. The highest BCUT2D eigenvalue weighted by molar-refractivity contribution is 6.30. The molecule has 2 aromatic carbocycles. The molecule has 0 bridgehead atoms. The minimum atomic E-state index is -5.46. The van der Waals surface area contributed by atoms with E-state index < -0.39 is 23.8 Å². The zero-order valence-corrected chi connectivity index (χ0v) is 16.4. The van der Waals surface area contributed by atoms with Crippen LogP contribution >= 0.6 is 11.6 Å². The first-order valence-corrected chi connectivity index (χ1v) is 9.65. The number of nitrogens with zero attached hydrogens (tertiary/aromatic N) is 1. The molecule has 0 saturated heterocycles. The van der Waals surface area contributed by atoms with Crippen molar-refractivity contribution in [3.05, 3.63) is 64.2 Å². The van der Waals surface area contributed by atoms with E-state index in [1.807, 2.05) is 0 Å². The molecule has 1 aliphatic heterocycles. The fraction of sp³-hybridized carbons (Fsp3) is 0.381. The predicted octanol–water partition coefficient (Wildman–Crippen LogP) is 6.46. The molecule has 0 aromatic heterocycles. The minimum Gasteiger partial charge on any atom is -0.312 e. The van der Waals surface area contributed by atoms with Gasteiger partial charge in [0.15, 0.2) is 5.92 Å². The van der Waals surface area contributed by atoms with Gasteiger partial charge in [-0.1, -0.05) is 35.9 Å². The number of hydrogen-bond donors (Lipinski definition) is 0. The Labute approximate surface area is 174 Å². The molecule has 1 amide bonds. The van der Waals surface area contributed by atoms with Crippen molar-refractivity contribution in [3.8, 4) is 0 Å². The molecule has 0 N–H and O–H groups in total. The van der Waals surface area contributed by atoms with Gasteiger partial charge in [0, 0.05) is 17.3 Å². The van der Waals surface area contributed by atoms with E-state index in [1.54, 1.807) is 24.3 Å². The smallest absolute Gasteiger partial charge is 0.312 e. The summed E-state index contributed by atoms with van der Waals surface area (Å²) in [7, 11) is 0. The molecule has 1 heterocycles. The summed E-state index contributed by atoms with van der Waals surface area (Å²) in [4.78, 5) is 14.3. The Balaban J connectivity index is 1.93. The van der Waals surface area contributed by atoms with Gasteiger partial charge in [-0.25, -0.2) is 0 Å². The lowest BCUT2D eigenvalue weighted by atomic mass is 9.94. The van der Waals surface area contributed by atoms with Crippen molar-refractivity contribution < 1.29 is 31.1 Å². The Morgan fingerprint density at radius 3 is 2.20 bits per heavy atom. The molecule has 0 aliphatic carbocycles. The molecule has 1 aliphatic rings. The predicted molar refractivity (Wildman–Crippen MR) is 102 cm³/mol. The number of carbonyl (C=O) groups excluding carboxylic acids is 1. The molecule has 2 nitrogen and oxygen atoms in total. The number of halogens is 7. The highest BCUT2D eigenvalue weighted by Crippen LogP contribution is 2.47. The SMILES string of the molecule is O=C(Cc1ccc(Cl)cc1)N1CCCCc2cc(C(C(F)(F)F)C(F)(F)F)ccc21. The summed E-state index contributed by atoms with van der Waals surface area (Å²) >= 11 is 5.83. The number of anilines is 1. The number of carbonyl (C=O) groups is 1. The first-order chi connectivity index (χ1) is 14.0. The lowest BCUT2D eigenvalue weighted by molar-refractivity contribution is -0.253. The number of aryl methyl sites for hydroxylation is 1. The fourth-order valence-electron chi connectivity index (χ4n) is 3.65. The second-order valence-electron chi connectivity index (χ2n) is 7.21. The number of alkyl halides is 6. The largest absolute Gasteiger partial charge is 0.404 e. The molecule has 0 unspecified atom stereocenters. The van der Waals surface area contributed by atoms with Crippen LogP contribution < -0.4 is 4.90 Å². The standard InChI is InChI=1S/C21H18ClF6NO/c22-16-7-4-13(5-8-16)11-18(30)29-10-2-1-3-14-12-15(6-9-17(14)29)19(20(23,24)25)21(26,27)28/h4-9,12,19H,1-3,10-11H2. The topological polar surface area (TPSA) is 20.3 Å². The number of hydrogen-bond acceptors (Lipinski definition) is 1. The Kier molecular flexibility index (Phi) is 6.36. The maximum absolute atomic E-state index is 13.1. The third kappa shape index (κ3) is 5.09. The number of benzene rings is 2. The molecular weight excluding hydrogens is 432 g/mol. The van der Waals surface area contributed by atoms with Gasteiger partial charge in [0.25, 0.3) is 0 Å². The van der Waals surface area contributed by atoms with Crippen molar-refractivity contribution in [2.75, 3.05) is 11.4 Å². The summed E-state index contributed by atoms with van der Waals surface area (Å²) < 4.78 is 78.6. The lowest BCUT2D eigenvalue weighted by Gasteiger charge is -2.26. The third-order valence-electron chi connectivity index (χ3n) is 5.03. The van der Waals surface area contributed by atoms with Crippen molar-refractivity contribution in [2.45, 2.75) is 44.0 Å². The monoisotopic (exact) mass is 449 g/mol. The van der Waals surface area contributed by atoms with Crippen LogP contribution in [0.3, 0.4) is 0 Å². The zero-order chi connectivity index (χ0) is 22.1. The molecule has 30 heavy (non-hydrogen) atoms. The Hall–Kier alpha value is -2.22. The molecule has 0 atom stereocenters. The van der Waals surface area contributed by atoms with E-state index in [2.05, 4.69) is 0 Å². The highest BCUT2D eigenvalue weighted by atomic mass is 35.5. The Morgan fingerprint density at radius 2 is 1.60 bits per heavy atom. The van der Waals surface area contributed by atoms with E-state index in [4.69, 9.17) is 11.6 Å². The van der Waals surface area contributed by atoms with Gasteiger partial charge in [-0.05, 0) is 54.2 Å². The van der Waals surface area contributed by atoms with Crippen molar-refractivity contribution in [2.24, 2.45) is 0 Å².